The van der Waals surface area contributed by atoms with Crippen LogP contribution in [-0.4, -0.2) is 34.7 Å². The highest BCUT2D eigenvalue weighted by Crippen LogP contribution is 2.19. The van der Waals surface area contributed by atoms with Gasteiger partial charge in [0, 0.05) is 23.1 Å². The fourth-order valence-electron chi connectivity index (χ4n) is 1.26. The molecule has 1 rings (SSSR count). The highest BCUT2D eigenvalue weighted by molar-refractivity contribution is 9.10. The van der Waals surface area contributed by atoms with Gasteiger partial charge in [0.2, 0.25) is 0 Å². The normalized spacial score (nSPS) is 11.9. The van der Waals surface area contributed by atoms with Gasteiger partial charge in [0.05, 0.1) is 5.56 Å². The molecule has 0 spiro atoms. The molecule has 0 saturated heterocycles. The molecule has 1 amide bonds. The first kappa shape index (κ1) is 14.5. The van der Waals surface area contributed by atoms with Crippen molar-refractivity contribution in [3.63, 3.8) is 0 Å². The van der Waals surface area contributed by atoms with Gasteiger partial charge in [-0.2, -0.15) is 0 Å². The van der Waals surface area contributed by atoms with Gasteiger partial charge in [-0.3, -0.25) is 4.79 Å². The molecule has 98 valence electrons. The molecule has 1 aromatic carbocycles. The second kappa shape index (κ2) is 6.36. The molecule has 0 aliphatic heterocycles. The lowest BCUT2D eigenvalue weighted by molar-refractivity contribution is -0.146. The fraction of sp³-hybridized carbons (Fsp3) is 0.273. The van der Waals surface area contributed by atoms with E-state index in [1.54, 1.807) is 12.1 Å². The van der Waals surface area contributed by atoms with E-state index in [9.17, 15) is 9.59 Å². The van der Waals surface area contributed by atoms with Crippen LogP contribution in [0.3, 0.4) is 0 Å². The molecule has 0 aromatic heterocycles. The van der Waals surface area contributed by atoms with Crippen molar-refractivity contribution in [1.82, 2.24) is 5.32 Å². The van der Waals surface area contributed by atoms with E-state index in [1.165, 1.54) is 6.07 Å². The van der Waals surface area contributed by atoms with Crippen molar-refractivity contribution in [2.24, 2.45) is 0 Å². The third-order valence-electron chi connectivity index (χ3n) is 2.22. The van der Waals surface area contributed by atoms with Gasteiger partial charge in [0.1, 0.15) is 0 Å². The summed E-state index contributed by atoms with van der Waals surface area (Å²) in [5, 5.41) is 20.0. The number of benzene rings is 1. The van der Waals surface area contributed by atoms with Crippen molar-refractivity contribution < 1.29 is 19.8 Å². The summed E-state index contributed by atoms with van der Waals surface area (Å²) in [4.78, 5) is 22.1. The van der Waals surface area contributed by atoms with Crippen LogP contribution in [-0.2, 0) is 4.79 Å². The van der Waals surface area contributed by atoms with Gasteiger partial charge >= 0.3 is 5.97 Å². The van der Waals surface area contributed by atoms with Crippen LogP contribution in [0, 0.1) is 0 Å². The van der Waals surface area contributed by atoms with E-state index in [4.69, 9.17) is 15.9 Å². The second-order valence-corrected chi connectivity index (χ2v) is 4.49. The summed E-state index contributed by atoms with van der Waals surface area (Å²) in [5.74, 6) is -1.69. The third kappa shape index (κ3) is 4.01. The summed E-state index contributed by atoms with van der Waals surface area (Å²) >= 11 is 3.22. The Morgan fingerprint density at radius 3 is 2.72 bits per heavy atom. The van der Waals surface area contributed by atoms with Crippen molar-refractivity contribution in [3.8, 4) is 0 Å². The third-order valence-corrected chi connectivity index (χ3v) is 2.91. The molecule has 18 heavy (non-hydrogen) atoms. The molecule has 0 bridgehead atoms. The molecule has 0 aliphatic carbocycles. The van der Waals surface area contributed by atoms with E-state index in [0.29, 0.717) is 15.7 Å². The van der Waals surface area contributed by atoms with E-state index < -0.39 is 12.1 Å². The maximum Gasteiger partial charge on any atom is 0.332 e. The predicted molar refractivity (Wildman–Crippen MR) is 69.1 cm³/mol. The van der Waals surface area contributed by atoms with E-state index in [1.807, 2.05) is 0 Å². The molecule has 7 heteroatoms. The van der Waals surface area contributed by atoms with Gasteiger partial charge in [-0.25, -0.2) is 4.79 Å². The van der Waals surface area contributed by atoms with E-state index in [0.717, 1.165) is 0 Å². The predicted octanol–water partition coefficient (Wildman–Crippen LogP) is 0.597. The SMILES string of the molecule is Nc1ccc(Br)c(C(=O)NCCC(O)C(=O)O)c1. The van der Waals surface area contributed by atoms with Crippen LogP contribution < -0.4 is 11.1 Å². The molecular weight excluding hydrogens is 304 g/mol. The van der Waals surface area contributed by atoms with Crippen LogP contribution in [0.4, 0.5) is 5.69 Å². The Kier molecular flexibility index (Phi) is 5.11. The largest absolute Gasteiger partial charge is 0.479 e. The van der Waals surface area contributed by atoms with Gasteiger partial charge in [-0.1, -0.05) is 0 Å². The molecule has 5 N–H and O–H groups in total. The lowest BCUT2D eigenvalue weighted by atomic mass is 10.2. The zero-order valence-corrected chi connectivity index (χ0v) is 11.0. The number of halogens is 1. The van der Waals surface area contributed by atoms with Crippen LogP contribution in [0.2, 0.25) is 0 Å². The Labute approximate surface area is 112 Å². The van der Waals surface area contributed by atoms with Crippen LogP contribution in [0.15, 0.2) is 22.7 Å². The van der Waals surface area contributed by atoms with E-state index >= 15 is 0 Å². The average molecular weight is 317 g/mol. The lowest BCUT2D eigenvalue weighted by Crippen LogP contribution is -2.30. The summed E-state index contributed by atoms with van der Waals surface area (Å²) in [6.45, 7) is 0.0630. The smallest absolute Gasteiger partial charge is 0.332 e. The zero-order valence-electron chi connectivity index (χ0n) is 9.39. The van der Waals surface area contributed by atoms with Gasteiger partial charge in [-0.05, 0) is 34.1 Å². The Bertz CT molecular complexity index is 464. The highest BCUT2D eigenvalue weighted by atomic mass is 79.9. The minimum Gasteiger partial charge on any atom is -0.479 e. The monoisotopic (exact) mass is 316 g/mol. The van der Waals surface area contributed by atoms with Crippen molar-refractivity contribution in [2.45, 2.75) is 12.5 Å². The Hall–Kier alpha value is -1.60. The number of carbonyl (C=O) groups is 2. The number of carbonyl (C=O) groups excluding carboxylic acids is 1. The minimum absolute atomic E-state index is 0.0546. The molecule has 0 heterocycles. The first-order valence-corrected chi connectivity index (χ1v) is 5.95. The number of carboxylic acid groups (broad SMARTS) is 1. The number of anilines is 1. The van der Waals surface area contributed by atoms with Crippen molar-refractivity contribution in [3.05, 3.63) is 28.2 Å². The Morgan fingerprint density at radius 1 is 1.44 bits per heavy atom. The summed E-state index contributed by atoms with van der Waals surface area (Å²) < 4.78 is 0.591. The lowest BCUT2D eigenvalue weighted by Gasteiger charge is -2.09. The standard InChI is InChI=1S/C11H13BrN2O4/c12-8-2-1-6(13)5-7(8)10(16)14-4-3-9(15)11(17)18/h1-2,5,9,15H,3-4,13H2,(H,14,16)(H,17,18). The van der Waals surface area contributed by atoms with Crippen LogP contribution in [0.5, 0.6) is 0 Å². The molecule has 6 nitrogen and oxygen atoms in total. The number of nitrogens with two attached hydrogens (primary N) is 1. The number of rotatable bonds is 5. The number of aliphatic hydroxyl groups excluding tert-OH is 1. The molecule has 1 atom stereocenters. The molecule has 0 saturated carbocycles. The number of carboxylic acids is 1. The van der Waals surface area contributed by atoms with Gasteiger partial charge in [0.25, 0.3) is 5.91 Å². The number of aliphatic carboxylic acids is 1. The van der Waals surface area contributed by atoms with Gasteiger partial charge in [-0.15, -0.1) is 0 Å². The van der Waals surface area contributed by atoms with Crippen LogP contribution >= 0.6 is 15.9 Å². The number of hydrogen-bond donors (Lipinski definition) is 4. The van der Waals surface area contributed by atoms with E-state index in [2.05, 4.69) is 21.2 Å². The highest BCUT2D eigenvalue weighted by Gasteiger charge is 2.14. The maximum absolute atomic E-state index is 11.7. The molecule has 0 radical (unpaired) electrons. The van der Waals surface area contributed by atoms with Crippen molar-refractivity contribution in [1.29, 1.82) is 0 Å². The van der Waals surface area contributed by atoms with Crippen molar-refractivity contribution >= 4 is 33.5 Å². The number of hydrogen-bond acceptors (Lipinski definition) is 4. The second-order valence-electron chi connectivity index (χ2n) is 3.64. The number of aliphatic hydroxyl groups is 1. The zero-order chi connectivity index (χ0) is 13.7. The number of amides is 1. The fourth-order valence-corrected chi connectivity index (χ4v) is 1.68. The molecule has 0 fully saturated rings. The quantitative estimate of drug-likeness (QED) is 0.594. The van der Waals surface area contributed by atoms with Gasteiger partial charge in [0.15, 0.2) is 6.10 Å². The van der Waals surface area contributed by atoms with Crippen LogP contribution in [0.1, 0.15) is 16.8 Å². The minimum atomic E-state index is -1.48. The molecule has 0 aliphatic rings. The van der Waals surface area contributed by atoms with Crippen LogP contribution in [0.25, 0.3) is 0 Å². The first-order valence-electron chi connectivity index (χ1n) is 5.16. The van der Waals surface area contributed by atoms with Crippen molar-refractivity contribution in [2.75, 3.05) is 12.3 Å². The Balaban J connectivity index is 2.55. The summed E-state index contributed by atoms with van der Waals surface area (Å²) in [7, 11) is 0. The summed E-state index contributed by atoms with van der Waals surface area (Å²) in [6.07, 6.45) is -1.53. The molecule has 1 unspecified atom stereocenters. The molecular formula is C11H13BrN2O4. The summed E-state index contributed by atoms with van der Waals surface area (Å²) in [6, 6.07) is 4.80. The topological polar surface area (TPSA) is 113 Å². The molecule has 1 aromatic rings. The average Bonchev–Trinajstić information content (AvgIpc) is 2.31. The number of nitrogen functional groups attached to an aromatic ring is 1. The Morgan fingerprint density at radius 2 is 2.11 bits per heavy atom. The summed E-state index contributed by atoms with van der Waals surface area (Å²) in [5.41, 5.74) is 6.38. The van der Waals surface area contributed by atoms with E-state index in [-0.39, 0.29) is 18.9 Å². The number of nitrogens with one attached hydrogen (secondary N) is 1. The maximum atomic E-state index is 11.7. The first-order chi connectivity index (χ1) is 8.41. The van der Waals surface area contributed by atoms with Gasteiger partial charge < -0.3 is 21.3 Å².